The first kappa shape index (κ1) is 25.7. The third-order valence-electron chi connectivity index (χ3n) is 6.57. The Hall–Kier alpha value is -4.54. The van der Waals surface area contributed by atoms with Crippen molar-refractivity contribution in [2.75, 3.05) is 10.6 Å². The van der Waals surface area contributed by atoms with Crippen molar-refractivity contribution >= 4 is 66.8 Å². The summed E-state index contributed by atoms with van der Waals surface area (Å²) in [5, 5.41) is 9.07. The van der Waals surface area contributed by atoms with Gasteiger partial charge in [-0.25, -0.2) is 9.97 Å². The number of aryl methyl sites for hydroxylation is 2. The van der Waals surface area contributed by atoms with Crippen LogP contribution >= 0.6 is 21.6 Å². The predicted molar refractivity (Wildman–Crippen MR) is 162 cm³/mol. The molecule has 10 heteroatoms. The second kappa shape index (κ2) is 10.9. The molecule has 0 atom stereocenters. The van der Waals surface area contributed by atoms with Gasteiger partial charge < -0.3 is 19.8 Å². The zero-order valence-corrected chi connectivity index (χ0v) is 23.3. The molecule has 6 aromatic rings. The highest BCUT2D eigenvalue weighted by Gasteiger charge is 2.26. The van der Waals surface area contributed by atoms with E-state index in [1.807, 2.05) is 83.9 Å². The lowest BCUT2D eigenvalue weighted by Gasteiger charge is -2.10. The van der Waals surface area contributed by atoms with E-state index in [0.29, 0.717) is 22.8 Å². The van der Waals surface area contributed by atoms with Gasteiger partial charge in [-0.3, -0.25) is 9.59 Å². The maximum atomic E-state index is 13.6. The molecular weight excluding hydrogens is 541 g/mol. The summed E-state index contributed by atoms with van der Waals surface area (Å²) in [5.41, 5.74) is 2.97. The molecule has 0 bridgehead atoms. The van der Waals surface area contributed by atoms with Gasteiger partial charge in [-0.15, -0.1) is 0 Å². The molecule has 2 amide bonds. The van der Waals surface area contributed by atoms with Crippen molar-refractivity contribution in [2.24, 2.45) is 14.1 Å². The van der Waals surface area contributed by atoms with Gasteiger partial charge >= 0.3 is 0 Å². The van der Waals surface area contributed by atoms with Crippen LogP contribution in [0.4, 0.5) is 11.6 Å². The summed E-state index contributed by atoms with van der Waals surface area (Å²) in [5.74, 6) is 0.463. The number of amides is 2. The number of para-hydroxylation sites is 2. The first-order valence-electron chi connectivity index (χ1n) is 12.5. The Morgan fingerprint density at radius 3 is 1.40 bits per heavy atom. The van der Waals surface area contributed by atoms with Crippen molar-refractivity contribution in [1.29, 1.82) is 0 Å². The Balaban J connectivity index is 1.40. The summed E-state index contributed by atoms with van der Waals surface area (Å²) < 4.78 is 4.02. The average molecular weight is 565 g/mol. The van der Waals surface area contributed by atoms with E-state index in [1.54, 1.807) is 36.7 Å². The summed E-state index contributed by atoms with van der Waals surface area (Å²) in [6, 6.07) is 26.4. The number of aromatic nitrogens is 4. The summed E-state index contributed by atoms with van der Waals surface area (Å²) >= 11 is 0. The number of pyridine rings is 2. The van der Waals surface area contributed by atoms with Crippen LogP contribution in [0.5, 0.6) is 0 Å². The van der Waals surface area contributed by atoms with Crippen LogP contribution in [0.2, 0.25) is 0 Å². The molecule has 40 heavy (non-hydrogen) atoms. The normalized spacial score (nSPS) is 11.2. The lowest BCUT2D eigenvalue weighted by atomic mass is 10.1. The first-order valence-corrected chi connectivity index (χ1v) is 14.6. The van der Waals surface area contributed by atoms with Crippen molar-refractivity contribution in [3.8, 4) is 0 Å². The third-order valence-corrected chi connectivity index (χ3v) is 9.13. The number of rotatable bonds is 7. The van der Waals surface area contributed by atoms with Crippen LogP contribution in [0.15, 0.2) is 107 Å². The number of nitrogens with one attached hydrogen (secondary N) is 2. The van der Waals surface area contributed by atoms with Crippen molar-refractivity contribution in [3.63, 3.8) is 0 Å². The number of anilines is 2. The monoisotopic (exact) mass is 564 g/mol. The molecule has 8 nitrogen and oxygen atoms in total. The largest absolute Gasteiger partial charge is 0.337 e. The van der Waals surface area contributed by atoms with E-state index in [9.17, 15) is 9.59 Å². The minimum atomic E-state index is -0.247. The predicted octanol–water partition coefficient (Wildman–Crippen LogP) is 6.76. The molecule has 198 valence electrons. The molecule has 0 unspecified atom stereocenters. The maximum absolute atomic E-state index is 13.6. The average Bonchev–Trinajstić information content (AvgIpc) is 3.43. The first-order chi connectivity index (χ1) is 19.5. The van der Waals surface area contributed by atoms with E-state index in [0.717, 1.165) is 31.9 Å². The number of nitrogens with zero attached hydrogens (tertiary/aromatic N) is 4. The summed E-state index contributed by atoms with van der Waals surface area (Å²) in [7, 11) is 6.77. The van der Waals surface area contributed by atoms with Crippen LogP contribution in [0.25, 0.3) is 21.8 Å². The Morgan fingerprint density at radius 1 is 0.600 bits per heavy atom. The molecule has 0 aliphatic carbocycles. The fourth-order valence-corrected chi connectivity index (χ4v) is 7.48. The highest BCUT2D eigenvalue weighted by Crippen LogP contribution is 2.45. The molecule has 0 saturated heterocycles. The molecule has 2 N–H and O–H groups in total. The van der Waals surface area contributed by atoms with Crippen LogP contribution in [0.3, 0.4) is 0 Å². The molecular formula is C30H24N6O2S2. The van der Waals surface area contributed by atoms with E-state index in [-0.39, 0.29) is 11.8 Å². The highest BCUT2D eigenvalue weighted by molar-refractivity contribution is 8.76. The van der Waals surface area contributed by atoms with E-state index in [1.165, 1.54) is 21.6 Å². The van der Waals surface area contributed by atoms with Gasteiger partial charge in [0.15, 0.2) is 0 Å². The molecule has 0 radical (unpaired) electrons. The minimum absolute atomic E-state index is 0.247. The molecule has 4 aromatic heterocycles. The second-order valence-electron chi connectivity index (χ2n) is 9.02. The fourth-order valence-electron chi connectivity index (χ4n) is 4.68. The van der Waals surface area contributed by atoms with Crippen LogP contribution in [0, 0.1) is 0 Å². The minimum Gasteiger partial charge on any atom is -0.337 e. The number of carbonyl (C=O) groups is 2. The molecule has 0 spiro atoms. The molecule has 2 aromatic carbocycles. The van der Waals surface area contributed by atoms with E-state index in [2.05, 4.69) is 20.6 Å². The van der Waals surface area contributed by atoms with Crippen molar-refractivity contribution in [3.05, 3.63) is 108 Å². The Kier molecular flexibility index (Phi) is 7.02. The lowest BCUT2D eigenvalue weighted by Crippen LogP contribution is -2.14. The van der Waals surface area contributed by atoms with Gasteiger partial charge in [0, 0.05) is 48.3 Å². The molecule has 6 rings (SSSR count). The van der Waals surface area contributed by atoms with Gasteiger partial charge in [0.05, 0.1) is 21.2 Å². The topological polar surface area (TPSA) is 93.8 Å². The molecule has 0 fully saturated rings. The lowest BCUT2D eigenvalue weighted by molar-refractivity contribution is 0.101. The summed E-state index contributed by atoms with van der Waals surface area (Å²) in [4.78, 5) is 35.7. The number of hydrogen-bond donors (Lipinski definition) is 2. The molecule has 4 heterocycles. The van der Waals surface area contributed by atoms with Gasteiger partial charge in [0.1, 0.15) is 11.6 Å². The summed E-state index contributed by atoms with van der Waals surface area (Å²) in [6.07, 6.45) is 3.28. The fraction of sp³-hybridized carbons (Fsp3) is 0.0667. The van der Waals surface area contributed by atoms with Crippen LogP contribution < -0.4 is 10.6 Å². The van der Waals surface area contributed by atoms with Gasteiger partial charge in [-0.05, 0) is 58.0 Å². The standard InChI is InChI=1S/C30H24N6O2S2/c1-35-21-13-5-3-11-19(21)25(27(37)33-23-15-7-9-17-31-23)29(35)39-40-30-26(20-12-4-6-14-22(20)36(30)2)28(38)34-24-16-8-10-18-32-24/h3-18H,1-2H3,(H,31,33,37)(H,32,34,38). The number of benzene rings is 2. The Morgan fingerprint density at radius 2 is 1.00 bits per heavy atom. The van der Waals surface area contributed by atoms with Gasteiger partial charge in [-0.1, -0.05) is 48.5 Å². The Bertz CT molecular complexity index is 1730. The molecule has 0 aliphatic rings. The van der Waals surface area contributed by atoms with E-state index < -0.39 is 0 Å². The van der Waals surface area contributed by atoms with E-state index >= 15 is 0 Å². The third kappa shape index (κ3) is 4.72. The number of fused-ring (bicyclic) bond motifs is 2. The van der Waals surface area contributed by atoms with Gasteiger partial charge in [-0.2, -0.15) is 0 Å². The highest BCUT2D eigenvalue weighted by atomic mass is 33.1. The van der Waals surface area contributed by atoms with Gasteiger partial charge in [0.2, 0.25) is 0 Å². The van der Waals surface area contributed by atoms with Crippen molar-refractivity contribution in [1.82, 2.24) is 19.1 Å². The zero-order valence-electron chi connectivity index (χ0n) is 21.7. The van der Waals surface area contributed by atoms with Gasteiger partial charge in [0.25, 0.3) is 11.8 Å². The number of carbonyl (C=O) groups excluding carboxylic acids is 2. The van der Waals surface area contributed by atoms with E-state index in [4.69, 9.17) is 0 Å². The van der Waals surface area contributed by atoms with Crippen molar-refractivity contribution < 1.29 is 9.59 Å². The maximum Gasteiger partial charge on any atom is 0.260 e. The van der Waals surface area contributed by atoms with Crippen LogP contribution in [0.1, 0.15) is 20.7 Å². The molecule has 0 saturated carbocycles. The Labute approximate surface area is 238 Å². The zero-order chi connectivity index (χ0) is 27.6. The van der Waals surface area contributed by atoms with Crippen molar-refractivity contribution in [2.45, 2.75) is 10.1 Å². The summed E-state index contributed by atoms with van der Waals surface area (Å²) in [6.45, 7) is 0. The second-order valence-corrected chi connectivity index (χ2v) is 11.1. The SMILES string of the molecule is Cn1c(SSc2c(C(=O)Nc3ccccn3)c3ccccc3n2C)c(C(=O)Nc2ccccn2)c2ccccc21. The smallest absolute Gasteiger partial charge is 0.260 e. The molecule has 0 aliphatic heterocycles. The van der Waals surface area contributed by atoms with Crippen LogP contribution in [-0.4, -0.2) is 30.9 Å². The van der Waals surface area contributed by atoms with Crippen LogP contribution in [-0.2, 0) is 14.1 Å². The quantitative estimate of drug-likeness (QED) is 0.208. The number of hydrogen-bond acceptors (Lipinski definition) is 6.